The van der Waals surface area contributed by atoms with Gasteiger partial charge in [-0.25, -0.2) is 0 Å². The van der Waals surface area contributed by atoms with Gasteiger partial charge in [0.1, 0.15) is 0 Å². The Labute approximate surface area is 122 Å². The van der Waals surface area contributed by atoms with Gasteiger partial charge >= 0.3 is 0 Å². The van der Waals surface area contributed by atoms with Gasteiger partial charge in [0.05, 0.1) is 0 Å². The molecule has 0 aliphatic carbocycles. The van der Waals surface area contributed by atoms with Crippen LogP contribution in [-0.4, -0.2) is 0 Å². The highest BCUT2D eigenvalue weighted by atomic mass is 15.0. The fourth-order valence-corrected chi connectivity index (χ4v) is 3.31. The minimum Gasteiger partial charge on any atom is -0.303 e. The van der Waals surface area contributed by atoms with Gasteiger partial charge in [-0.05, 0) is 29.4 Å². The first-order chi connectivity index (χ1) is 9.67. The molecule has 1 aliphatic rings. The lowest BCUT2D eigenvalue weighted by atomic mass is 9.72. The minimum absolute atomic E-state index is 0.298. The second kappa shape index (κ2) is 5.41. The maximum Gasteiger partial charge on any atom is 0.0377 e. The topological polar surface area (TPSA) is 12.0 Å². The molecular formula is C19H23N. The van der Waals surface area contributed by atoms with Crippen LogP contribution < -0.4 is 5.32 Å². The molecule has 104 valence electrons. The van der Waals surface area contributed by atoms with Crippen LogP contribution in [0.5, 0.6) is 0 Å². The van der Waals surface area contributed by atoms with Crippen LogP contribution in [0.2, 0.25) is 0 Å². The molecule has 2 aromatic rings. The number of benzene rings is 2. The van der Waals surface area contributed by atoms with E-state index in [-0.39, 0.29) is 0 Å². The Balaban J connectivity index is 1.87. The van der Waals surface area contributed by atoms with E-state index in [0.29, 0.717) is 17.5 Å². The van der Waals surface area contributed by atoms with E-state index in [1.165, 1.54) is 24.0 Å². The smallest absolute Gasteiger partial charge is 0.0377 e. The SMILES string of the molecule is CC1(C)CC[C@@H](c2ccccc2)N[C@H]1c1ccccc1. The summed E-state index contributed by atoms with van der Waals surface area (Å²) < 4.78 is 0. The summed E-state index contributed by atoms with van der Waals surface area (Å²) in [5.41, 5.74) is 3.11. The average molecular weight is 265 g/mol. The van der Waals surface area contributed by atoms with Gasteiger partial charge in [-0.2, -0.15) is 0 Å². The van der Waals surface area contributed by atoms with Crippen LogP contribution in [0.1, 0.15) is 49.9 Å². The maximum absolute atomic E-state index is 3.88. The van der Waals surface area contributed by atoms with Crippen molar-refractivity contribution in [3.05, 3.63) is 71.8 Å². The molecule has 0 bridgehead atoms. The zero-order chi connectivity index (χ0) is 14.0. The summed E-state index contributed by atoms with van der Waals surface area (Å²) in [5, 5.41) is 3.88. The lowest BCUT2D eigenvalue weighted by molar-refractivity contribution is 0.146. The predicted octanol–water partition coefficient (Wildman–Crippen LogP) is 4.88. The Kier molecular flexibility index (Phi) is 3.62. The monoisotopic (exact) mass is 265 g/mol. The number of nitrogens with one attached hydrogen (secondary N) is 1. The molecule has 1 heteroatoms. The minimum atomic E-state index is 0.298. The van der Waals surface area contributed by atoms with Crippen LogP contribution in [0.4, 0.5) is 0 Å². The van der Waals surface area contributed by atoms with Crippen LogP contribution >= 0.6 is 0 Å². The molecule has 0 unspecified atom stereocenters. The van der Waals surface area contributed by atoms with E-state index in [0.717, 1.165) is 0 Å². The Morgan fingerprint density at radius 1 is 0.850 bits per heavy atom. The molecule has 0 saturated carbocycles. The highest BCUT2D eigenvalue weighted by Crippen LogP contribution is 2.44. The van der Waals surface area contributed by atoms with E-state index < -0.39 is 0 Å². The molecule has 1 nitrogen and oxygen atoms in total. The summed E-state index contributed by atoms with van der Waals surface area (Å²) in [4.78, 5) is 0. The molecule has 1 saturated heterocycles. The van der Waals surface area contributed by atoms with E-state index in [1.54, 1.807) is 0 Å². The third-order valence-electron chi connectivity index (χ3n) is 4.56. The van der Waals surface area contributed by atoms with E-state index in [1.807, 2.05) is 0 Å². The highest BCUT2D eigenvalue weighted by Gasteiger charge is 2.37. The lowest BCUT2D eigenvalue weighted by Crippen LogP contribution is -2.41. The Bertz CT molecular complexity index is 544. The quantitative estimate of drug-likeness (QED) is 0.816. The van der Waals surface area contributed by atoms with Gasteiger partial charge in [0, 0.05) is 12.1 Å². The highest BCUT2D eigenvalue weighted by molar-refractivity contribution is 5.25. The normalized spacial score (nSPS) is 25.3. The predicted molar refractivity (Wildman–Crippen MR) is 84.5 cm³/mol. The second-order valence-corrected chi connectivity index (χ2v) is 6.50. The van der Waals surface area contributed by atoms with Crippen molar-refractivity contribution >= 4 is 0 Å². The molecule has 0 radical (unpaired) electrons. The van der Waals surface area contributed by atoms with E-state index >= 15 is 0 Å². The van der Waals surface area contributed by atoms with Crippen LogP contribution in [0, 0.1) is 5.41 Å². The molecule has 0 amide bonds. The van der Waals surface area contributed by atoms with Gasteiger partial charge in [0.2, 0.25) is 0 Å². The molecule has 0 aromatic heterocycles. The Hall–Kier alpha value is -1.60. The largest absolute Gasteiger partial charge is 0.303 e. The van der Waals surface area contributed by atoms with Crippen molar-refractivity contribution in [2.24, 2.45) is 5.41 Å². The number of hydrogen-bond acceptors (Lipinski definition) is 1. The summed E-state index contributed by atoms with van der Waals surface area (Å²) in [6.45, 7) is 4.75. The van der Waals surface area contributed by atoms with Gasteiger partial charge in [0.25, 0.3) is 0 Å². The van der Waals surface area contributed by atoms with Crippen molar-refractivity contribution in [1.29, 1.82) is 0 Å². The summed E-state index contributed by atoms with van der Waals surface area (Å²) >= 11 is 0. The number of rotatable bonds is 2. The Morgan fingerprint density at radius 3 is 2.00 bits per heavy atom. The van der Waals surface area contributed by atoms with Crippen LogP contribution in [0.15, 0.2) is 60.7 Å². The average Bonchev–Trinajstić information content (AvgIpc) is 2.49. The Morgan fingerprint density at radius 2 is 1.40 bits per heavy atom. The molecular weight excluding hydrogens is 242 g/mol. The van der Waals surface area contributed by atoms with E-state index in [9.17, 15) is 0 Å². The summed E-state index contributed by atoms with van der Waals surface area (Å²) in [7, 11) is 0. The number of piperidine rings is 1. The molecule has 2 aromatic carbocycles. The molecule has 1 aliphatic heterocycles. The zero-order valence-corrected chi connectivity index (χ0v) is 12.3. The third-order valence-corrected chi connectivity index (χ3v) is 4.56. The van der Waals surface area contributed by atoms with E-state index in [2.05, 4.69) is 79.8 Å². The van der Waals surface area contributed by atoms with Crippen molar-refractivity contribution in [3.63, 3.8) is 0 Å². The zero-order valence-electron chi connectivity index (χ0n) is 12.3. The third kappa shape index (κ3) is 2.64. The standard InChI is InChI=1S/C19H23N/c1-19(2)14-13-17(15-9-5-3-6-10-15)20-18(19)16-11-7-4-8-12-16/h3-12,17-18,20H,13-14H2,1-2H3/t17-,18-/m0/s1. The van der Waals surface area contributed by atoms with Crippen LogP contribution in [0.3, 0.4) is 0 Å². The van der Waals surface area contributed by atoms with E-state index in [4.69, 9.17) is 0 Å². The molecule has 2 atom stereocenters. The van der Waals surface area contributed by atoms with Crippen molar-refractivity contribution in [3.8, 4) is 0 Å². The molecule has 1 heterocycles. The first kappa shape index (κ1) is 13.4. The molecule has 0 spiro atoms. The van der Waals surface area contributed by atoms with Crippen molar-refractivity contribution in [2.75, 3.05) is 0 Å². The van der Waals surface area contributed by atoms with Crippen LogP contribution in [0.25, 0.3) is 0 Å². The molecule has 1 N–H and O–H groups in total. The first-order valence-corrected chi connectivity index (χ1v) is 7.53. The summed E-state index contributed by atoms with van der Waals surface area (Å²) in [6.07, 6.45) is 2.46. The van der Waals surface area contributed by atoms with Gasteiger partial charge in [-0.1, -0.05) is 74.5 Å². The van der Waals surface area contributed by atoms with Crippen molar-refractivity contribution in [1.82, 2.24) is 5.32 Å². The second-order valence-electron chi connectivity index (χ2n) is 6.50. The molecule has 3 rings (SSSR count). The fraction of sp³-hybridized carbons (Fsp3) is 0.368. The molecule has 1 fully saturated rings. The first-order valence-electron chi connectivity index (χ1n) is 7.53. The lowest BCUT2D eigenvalue weighted by Gasteiger charge is -2.44. The summed E-state index contributed by atoms with van der Waals surface area (Å²) in [5.74, 6) is 0. The van der Waals surface area contributed by atoms with Gasteiger partial charge < -0.3 is 5.32 Å². The fourth-order valence-electron chi connectivity index (χ4n) is 3.31. The molecule has 20 heavy (non-hydrogen) atoms. The van der Waals surface area contributed by atoms with Crippen LogP contribution in [-0.2, 0) is 0 Å². The van der Waals surface area contributed by atoms with Crippen molar-refractivity contribution < 1.29 is 0 Å². The number of hydrogen-bond donors (Lipinski definition) is 1. The van der Waals surface area contributed by atoms with Gasteiger partial charge in [-0.15, -0.1) is 0 Å². The van der Waals surface area contributed by atoms with Gasteiger partial charge in [-0.3, -0.25) is 0 Å². The maximum atomic E-state index is 3.88. The van der Waals surface area contributed by atoms with Crippen molar-refractivity contribution in [2.45, 2.75) is 38.8 Å². The summed E-state index contributed by atoms with van der Waals surface area (Å²) in [6, 6.07) is 22.6. The van der Waals surface area contributed by atoms with Gasteiger partial charge in [0.15, 0.2) is 0 Å².